The molecule has 0 amide bonds. The van der Waals surface area contributed by atoms with Gasteiger partial charge in [0.15, 0.2) is 0 Å². The first-order valence-corrected chi connectivity index (χ1v) is 15.8. The van der Waals surface area contributed by atoms with Gasteiger partial charge >= 0.3 is 183 Å². The molecular formula is C27H51As. The quantitative estimate of drug-likeness (QED) is 0.376. The van der Waals surface area contributed by atoms with Gasteiger partial charge in [0.25, 0.3) is 0 Å². The molecule has 1 heteroatoms. The molecule has 164 valence electrons. The number of rotatable bonds is 3. The van der Waals surface area contributed by atoms with Crippen LogP contribution >= 0.6 is 0 Å². The van der Waals surface area contributed by atoms with Crippen molar-refractivity contribution in [3.05, 3.63) is 0 Å². The Kier molecular flexibility index (Phi) is 6.84. The summed E-state index contributed by atoms with van der Waals surface area (Å²) in [6.45, 7) is 23.2. The second kappa shape index (κ2) is 8.24. The van der Waals surface area contributed by atoms with Crippen LogP contribution in [0.25, 0.3) is 0 Å². The Hall–Kier alpha value is 0.558. The van der Waals surface area contributed by atoms with Gasteiger partial charge < -0.3 is 0 Å². The first kappa shape index (κ1) is 23.2. The van der Waals surface area contributed by atoms with E-state index in [1.165, 1.54) is 19.3 Å². The van der Waals surface area contributed by atoms with Crippen LogP contribution in [0.3, 0.4) is 0 Å². The van der Waals surface area contributed by atoms with Crippen LogP contribution < -0.4 is 0 Å². The third kappa shape index (κ3) is 5.83. The SMILES string of the molecule is CC1CC([As](C2CC(C)CC(C)(C)C2)C2CC(C)CC(C)(C)C2)CC(C)(C)C1. The number of hydrogen-bond acceptors (Lipinski definition) is 0. The Bertz CT molecular complexity index is 454. The Morgan fingerprint density at radius 3 is 0.929 bits per heavy atom. The van der Waals surface area contributed by atoms with Crippen LogP contribution in [0.5, 0.6) is 0 Å². The second-order valence-electron chi connectivity index (χ2n) is 14.1. The second-order valence-corrected chi connectivity index (χ2v) is 20.6. The molecule has 6 unspecified atom stereocenters. The van der Waals surface area contributed by atoms with Crippen molar-refractivity contribution in [2.24, 2.45) is 34.0 Å². The summed E-state index contributed by atoms with van der Waals surface area (Å²) >= 11 is -0.931. The van der Waals surface area contributed by atoms with Crippen molar-refractivity contribution in [3.63, 3.8) is 0 Å². The zero-order valence-corrected chi connectivity index (χ0v) is 22.7. The van der Waals surface area contributed by atoms with Gasteiger partial charge in [0.2, 0.25) is 0 Å². The summed E-state index contributed by atoms with van der Waals surface area (Å²) in [6, 6.07) is 0. The molecule has 3 saturated carbocycles. The summed E-state index contributed by atoms with van der Waals surface area (Å²) in [6.07, 6.45) is 13.7. The Labute approximate surface area is 182 Å². The number of hydrogen-bond donors (Lipinski definition) is 0. The van der Waals surface area contributed by atoms with E-state index in [1.54, 1.807) is 38.5 Å². The summed E-state index contributed by atoms with van der Waals surface area (Å²) in [4.78, 5) is 0. The van der Waals surface area contributed by atoms with E-state index in [1.807, 2.05) is 0 Å². The van der Waals surface area contributed by atoms with E-state index in [0.717, 1.165) is 31.9 Å². The molecule has 0 saturated heterocycles. The summed E-state index contributed by atoms with van der Waals surface area (Å²) in [7, 11) is 0. The predicted octanol–water partition coefficient (Wildman–Crippen LogP) is 9.13. The third-order valence-corrected chi connectivity index (χ3v) is 16.1. The van der Waals surface area contributed by atoms with Crippen LogP contribution in [-0.4, -0.2) is 14.7 Å². The van der Waals surface area contributed by atoms with Crippen LogP contribution in [0, 0.1) is 34.0 Å². The molecular weight excluding hydrogens is 399 g/mol. The summed E-state index contributed by atoms with van der Waals surface area (Å²) in [5.74, 6) is 2.86. The molecule has 3 rings (SSSR count). The molecule has 0 spiro atoms. The molecule has 3 aliphatic rings. The van der Waals surface area contributed by atoms with Crippen LogP contribution in [0.15, 0.2) is 0 Å². The van der Waals surface area contributed by atoms with Crippen LogP contribution in [0.2, 0.25) is 14.1 Å². The zero-order chi connectivity index (χ0) is 20.9. The first-order valence-electron chi connectivity index (χ1n) is 12.5. The molecule has 0 N–H and O–H groups in total. The monoisotopic (exact) mass is 450 g/mol. The van der Waals surface area contributed by atoms with Gasteiger partial charge in [-0.3, -0.25) is 0 Å². The standard InChI is InChI=1S/C27H51As/c1-19-10-22(16-25(4,5)13-19)28(23-11-20(2)14-26(6,7)17-23)24-12-21(3)15-27(8,9)18-24/h19-24H,10-18H2,1-9H3. The van der Waals surface area contributed by atoms with E-state index in [-0.39, 0.29) is 0 Å². The molecule has 0 aliphatic heterocycles. The Morgan fingerprint density at radius 1 is 0.464 bits per heavy atom. The van der Waals surface area contributed by atoms with Crippen molar-refractivity contribution in [2.75, 3.05) is 0 Å². The normalized spacial score (nSPS) is 44.0. The minimum atomic E-state index is -0.931. The predicted molar refractivity (Wildman–Crippen MR) is 127 cm³/mol. The van der Waals surface area contributed by atoms with Gasteiger partial charge in [-0.25, -0.2) is 0 Å². The molecule has 28 heavy (non-hydrogen) atoms. The average Bonchev–Trinajstić information content (AvgIpc) is 2.40. The Morgan fingerprint density at radius 2 is 0.714 bits per heavy atom. The van der Waals surface area contributed by atoms with Gasteiger partial charge in [-0.1, -0.05) is 0 Å². The summed E-state index contributed by atoms with van der Waals surface area (Å²) in [5.41, 5.74) is 1.75. The zero-order valence-electron chi connectivity index (χ0n) is 20.8. The molecule has 0 radical (unpaired) electrons. The van der Waals surface area contributed by atoms with Crippen molar-refractivity contribution >= 4 is 14.7 Å². The molecule has 3 aliphatic carbocycles. The van der Waals surface area contributed by atoms with Gasteiger partial charge in [-0.2, -0.15) is 0 Å². The van der Waals surface area contributed by atoms with Gasteiger partial charge in [0.05, 0.1) is 0 Å². The minimum absolute atomic E-state index is 0.584. The van der Waals surface area contributed by atoms with E-state index in [9.17, 15) is 0 Å². The Balaban J connectivity index is 1.92. The van der Waals surface area contributed by atoms with Crippen molar-refractivity contribution < 1.29 is 0 Å². The fourth-order valence-corrected chi connectivity index (χ4v) is 20.5. The van der Waals surface area contributed by atoms with Crippen molar-refractivity contribution in [1.29, 1.82) is 0 Å². The van der Waals surface area contributed by atoms with E-state index in [2.05, 4.69) is 62.3 Å². The third-order valence-electron chi connectivity index (χ3n) is 8.36. The fourth-order valence-electron chi connectivity index (χ4n) is 8.46. The van der Waals surface area contributed by atoms with Crippen molar-refractivity contribution in [3.8, 4) is 0 Å². The molecule has 0 aromatic rings. The van der Waals surface area contributed by atoms with Crippen LogP contribution in [-0.2, 0) is 0 Å². The van der Waals surface area contributed by atoms with E-state index < -0.39 is 14.7 Å². The maximum absolute atomic E-state index is 2.59. The van der Waals surface area contributed by atoms with Crippen LogP contribution in [0.1, 0.15) is 120 Å². The van der Waals surface area contributed by atoms with Gasteiger partial charge in [-0.05, 0) is 0 Å². The molecule has 0 heterocycles. The molecule has 6 atom stereocenters. The van der Waals surface area contributed by atoms with Crippen molar-refractivity contribution in [2.45, 2.75) is 134 Å². The first-order chi connectivity index (χ1) is 12.8. The van der Waals surface area contributed by atoms with Gasteiger partial charge in [0, 0.05) is 0 Å². The van der Waals surface area contributed by atoms with E-state index >= 15 is 0 Å². The molecule has 0 nitrogen and oxygen atoms in total. The van der Waals surface area contributed by atoms with Gasteiger partial charge in [-0.15, -0.1) is 0 Å². The summed E-state index contributed by atoms with van der Waals surface area (Å²) < 4.78 is 3.34. The van der Waals surface area contributed by atoms with E-state index in [4.69, 9.17) is 0 Å². The topological polar surface area (TPSA) is 0 Å². The molecule has 0 aromatic heterocycles. The maximum atomic E-state index is 2.59. The molecule has 0 bridgehead atoms. The van der Waals surface area contributed by atoms with Gasteiger partial charge in [0.1, 0.15) is 0 Å². The average molecular weight is 451 g/mol. The molecule has 0 aromatic carbocycles. The fraction of sp³-hybridized carbons (Fsp3) is 1.00. The van der Waals surface area contributed by atoms with E-state index in [0.29, 0.717) is 16.2 Å². The van der Waals surface area contributed by atoms with Crippen molar-refractivity contribution in [1.82, 2.24) is 0 Å². The molecule has 3 fully saturated rings. The van der Waals surface area contributed by atoms with Crippen LogP contribution in [0.4, 0.5) is 0 Å². The summed E-state index contributed by atoms with van der Waals surface area (Å²) in [5, 5.41) is 0.